The first-order valence-electron chi connectivity index (χ1n) is 7.29. The number of hydrogen-bond acceptors (Lipinski definition) is 1. The maximum atomic E-state index is 5.81. The standard InChI is InChI=1S/C17H15IO.C2H6/c1-12-5-3-4-6-16(12)17(11-19-17)13(2)14-7-9-15(18)10-8-14;1-2/h3-10H,2,11H2,1H3;1-2H3. The smallest absolute Gasteiger partial charge is 0.142 e. The largest absolute Gasteiger partial charge is 0.359 e. The Kier molecular flexibility index (Phi) is 5.22. The van der Waals surface area contributed by atoms with Crippen LogP contribution in [-0.2, 0) is 10.3 Å². The van der Waals surface area contributed by atoms with Crippen LogP contribution >= 0.6 is 22.6 Å². The van der Waals surface area contributed by atoms with Crippen LogP contribution in [0.25, 0.3) is 5.57 Å². The van der Waals surface area contributed by atoms with Crippen LogP contribution < -0.4 is 0 Å². The summed E-state index contributed by atoms with van der Waals surface area (Å²) in [6, 6.07) is 16.8. The van der Waals surface area contributed by atoms with E-state index in [2.05, 4.69) is 84.6 Å². The Bertz CT molecular complexity index is 624. The second-order valence-electron chi connectivity index (χ2n) is 4.92. The summed E-state index contributed by atoms with van der Waals surface area (Å²) in [5.41, 5.74) is 4.39. The van der Waals surface area contributed by atoms with Gasteiger partial charge in [0, 0.05) is 3.57 Å². The molecule has 1 aliphatic heterocycles. The molecule has 0 N–H and O–H groups in total. The van der Waals surface area contributed by atoms with Crippen molar-refractivity contribution in [2.24, 2.45) is 0 Å². The summed E-state index contributed by atoms with van der Waals surface area (Å²) in [6.45, 7) is 11.1. The van der Waals surface area contributed by atoms with Gasteiger partial charge in [0.15, 0.2) is 0 Å². The molecule has 0 radical (unpaired) electrons. The minimum absolute atomic E-state index is 0.307. The van der Waals surface area contributed by atoms with Crippen molar-refractivity contribution < 1.29 is 4.74 Å². The molecule has 1 fully saturated rings. The molecule has 0 aromatic heterocycles. The van der Waals surface area contributed by atoms with E-state index in [4.69, 9.17) is 4.74 Å². The monoisotopic (exact) mass is 392 g/mol. The number of halogens is 1. The molecule has 2 heteroatoms. The molecular formula is C19H21IO. The van der Waals surface area contributed by atoms with Gasteiger partial charge in [0.1, 0.15) is 5.60 Å². The molecule has 2 aromatic rings. The highest BCUT2D eigenvalue weighted by Crippen LogP contribution is 2.49. The van der Waals surface area contributed by atoms with Crippen molar-refractivity contribution in [3.05, 3.63) is 75.4 Å². The van der Waals surface area contributed by atoms with E-state index in [9.17, 15) is 0 Å². The Morgan fingerprint density at radius 2 is 1.67 bits per heavy atom. The summed E-state index contributed by atoms with van der Waals surface area (Å²) in [4.78, 5) is 0. The van der Waals surface area contributed by atoms with E-state index in [1.165, 1.54) is 14.7 Å². The average molecular weight is 392 g/mol. The first-order valence-corrected chi connectivity index (χ1v) is 8.37. The van der Waals surface area contributed by atoms with Crippen molar-refractivity contribution in [3.8, 4) is 0 Å². The summed E-state index contributed by atoms with van der Waals surface area (Å²) >= 11 is 2.31. The summed E-state index contributed by atoms with van der Waals surface area (Å²) < 4.78 is 7.04. The lowest BCUT2D eigenvalue weighted by Crippen LogP contribution is -2.12. The van der Waals surface area contributed by atoms with Crippen LogP contribution in [0.5, 0.6) is 0 Å². The molecule has 0 saturated carbocycles. The third kappa shape index (κ3) is 3.22. The fourth-order valence-corrected chi connectivity index (χ4v) is 2.83. The van der Waals surface area contributed by atoms with Gasteiger partial charge in [0.25, 0.3) is 0 Å². The second kappa shape index (κ2) is 6.75. The highest BCUT2D eigenvalue weighted by atomic mass is 127. The lowest BCUT2D eigenvalue weighted by Gasteiger charge is -2.18. The lowest BCUT2D eigenvalue weighted by atomic mass is 9.86. The van der Waals surface area contributed by atoms with E-state index in [0.29, 0.717) is 0 Å². The number of rotatable bonds is 3. The summed E-state index contributed by atoms with van der Waals surface area (Å²) in [5, 5.41) is 0. The number of benzene rings is 2. The quantitative estimate of drug-likeness (QED) is 0.492. The van der Waals surface area contributed by atoms with Gasteiger partial charge in [-0.1, -0.05) is 56.8 Å². The highest BCUT2D eigenvalue weighted by molar-refractivity contribution is 14.1. The summed E-state index contributed by atoms with van der Waals surface area (Å²) in [7, 11) is 0. The molecule has 1 atom stereocenters. The predicted octanol–water partition coefficient (Wildman–Crippen LogP) is 5.56. The third-order valence-corrected chi connectivity index (χ3v) is 4.41. The minimum atomic E-state index is -0.307. The van der Waals surface area contributed by atoms with Gasteiger partial charge in [-0.3, -0.25) is 0 Å². The lowest BCUT2D eigenvalue weighted by molar-refractivity contribution is 0.365. The van der Waals surface area contributed by atoms with E-state index in [1.807, 2.05) is 13.8 Å². The molecule has 1 nitrogen and oxygen atoms in total. The zero-order valence-corrected chi connectivity index (χ0v) is 15.0. The van der Waals surface area contributed by atoms with Crippen LogP contribution in [0.15, 0.2) is 55.1 Å². The second-order valence-corrected chi connectivity index (χ2v) is 6.16. The number of epoxide rings is 1. The van der Waals surface area contributed by atoms with Gasteiger partial charge in [0.2, 0.25) is 0 Å². The molecule has 0 aliphatic carbocycles. The Morgan fingerprint density at radius 1 is 1.10 bits per heavy atom. The minimum Gasteiger partial charge on any atom is -0.359 e. The molecule has 0 bridgehead atoms. The van der Waals surface area contributed by atoms with E-state index in [0.717, 1.165) is 17.7 Å². The maximum absolute atomic E-state index is 5.81. The van der Waals surface area contributed by atoms with E-state index in [-0.39, 0.29) is 5.60 Å². The molecule has 1 aliphatic rings. The van der Waals surface area contributed by atoms with Crippen molar-refractivity contribution in [3.63, 3.8) is 0 Å². The average Bonchev–Trinajstić information content (AvgIpc) is 3.31. The Labute approximate surface area is 141 Å². The van der Waals surface area contributed by atoms with E-state index < -0.39 is 0 Å². The zero-order chi connectivity index (χ0) is 15.5. The molecular weight excluding hydrogens is 371 g/mol. The first-order chi connectivity index (χ1) is 10.1. The van der Waals surface area contributed by atoms with Gasteiger partial charge in [-0.05, 0) is 63.9 Å². The van der Waals surface area contributed by atoms with Gasteiger partial charge in [-0.15, -0.1) is 0 Å². The van der Waals surface area contributed by atoms with Crippen molar-refractivity contribution in [1.29, 1.82) is 0 Å². The van der Waals surface area contributed by atoms with Gasteiger partial charge in [-0.25, -0.2) is 0 Å². The van der Waals surface area contributed by atoms with E-state index >= 15 is 0 Å². The van der Waals surface area contributed by atoms with Gasteiger partial charge >= 0.3 is 0 Å². The number of hydrogen-bond donors (Lipinski definition) is 0. The van der Waals surface area contributed by atoms with Crippen LogP contribution in [0.3, 0.4) is 0 Å². The van der Waals surface area contributed by atoms with Gasteiger partial charge in [0.05, 0.1) is 6.61 Å². The number of ether oxygens (including phenoxy) is 1. The Balaban J connectivity index is 0.000000774. The van der Waals surface area contributed by atoms with Crippen LogP contribution in [0.4, 0.5) is 0 Å². The molecule has 1 unspecified atom stereocenters. The SMILES string of the molecule is C=C(c1ccc(I)cc1)C1(c2ccccc2C)CO1.CC. The fraction of sp³-hybridized carbons (Fsp3) is 0.263. The summed E-state index contributed by atoms with van der Waals surface area (Å²) in [5.74, 6) is 0. The summed E-state index contributed by atoms with van der Waals surface area (Å²) in [6.07, 6.45) is 0. The van der Waals surface area contributed by atoms with Gasteiger partial charge < -0.3 is 4.74 Å². The van der Waals surface area contributed by atoms with Crippen LogP contribution in [0, 0.1) is 10.5 Å². The zero-order valence-electron chi connectivity index (χ0n) is 12.8. The molecule has 0 spiro atoms. The van der Waals surface area contributed by atoms with Crippen LogP contribution in [0.1, 0.15) is 30.5 Å². The molecule has 1 saturated heterocycles. The molecule has 3 rings (SSSR count). The third-order valence-electron chi connectivity index (χ3n) is 3.69. The Morgan fingerprint density at radius 3 is 2.19 bits per heavy atom. The van der Waals surface area contributed by atoms with Crippen LogP contribution in [0.2, 0.25) is 0 Å². The molecule has 0 amide bonds. The Hall–Kier alpha value is -1.13. The first kappa shape index (κ1) is 16.2. The molecule has 21 heavy (non-hydrogen) atoms. The van der Waals surface area contributed by atoms with Crippen molar-refractivity contribution in [2.75, 3.05) is 6.61 Å². The molecule has 110 valence electrons. The normalized spacial score (nSPS) is 19.4. The predicted molar refractivity (Wildman–Crippen MR) is 98.4 cm³/mol. The van der Waals surface area contributed by atoms with Crippen LogP contribution in [-0.4, -0.2) is 6.61 Å². The fourth-order valence-electron chi connectivity index (χ4n) is 2.47. The van der Waals surface area contributed by atoms with E-state index in [1.54, 1.807) is 0 Å². The van der Waals surface area contributed by atoms with Gasteiger partial charge in [-0.2, -0.15) is 0 Å². The topological polar surface area (TPSA) is 12.5 Å². The van der Waals surface area contributed by atoms with Crippen molar-refractivity contribution in [2.45, 2.75) is 26.4 Å². The highest BCUT2D eigenvalue weighted by Gasteiger charge is 2.50. The van der Waals surface area contributed by atoms with Crippen molar-refractivity contribution >= 4 is 28.2 Å². The van der Waals surface area contributed by atoms with Crippen molar-refractivity contribution in [1.82, 2.24) is 0 Å². The molecule has 2 aromatic carbocycles. The number of aryl methyl sites for hydroxylation is 1. The molecule has 1 heterocycles. The maximum Gasteiger partial charge on any atom is 0.142 e.